The molecule has 1 aliphatic heterocycles. The maximum absolute atomic E-state index is 5.89. The molecule has 0 spiro atoms. The van der Waals surface area contributed by atoms with Crippen molar-refractivity contribution in [3.8, 4) is 0 Å². The molecule has 0 amide bonds. The Labute approximate surface area is 186 Å². The Morgan fingerprint density at radius 2 is 0.893 bits per heavy atom. The van der Waals surface area contributed by atoms with Crippen molar-refractivity contribution in [3.05, 3.63) is 47.5 Å². The van der Waals surface area contributed by atoms with Gasteiger partial charge in [-0.25, -0.2) is 0 Å². The minimum atomic E-state index is 0.793. The van der Waals surface area contributed by atoms with E-state index in [-0.39, 0.29) is 0 Å². The first-order valence-electron chi connectivity index (χ1n) is 9.60. The molecule has 1 heterocycles. The van der Waals surface area contributed by atoms with Gasteiger partial charge in [-0.3, -0.25) is 0 Å². The van der Waals surface area contributed by atoms with Crippen LogP contribution in [0.1, 0.15) is 11.1 Å². The molecule has 0 aromatic heterocycles. The first-order chi connectivity index (χ1) is 13.7. The predicted octanol–water partition coefficient (Wildman–Crippen LogP) is 6.42. The Morgan fingerprint density at radius 3 is 1.29 bits per heavy atom. The highest BCUT2D eigenvalue weighted by molar-refractivity contribution is 8.02. The first-order valence-corrected chi connectivity index (χ1v) is 13.5. The summed E-state index contributed by atoms with van der Waals surface area (Å²) in [4.78, 5) is 5.44. The minimum absolute atomic E-state index is 0.793. The number of thioether (sulfide) groups is 4. The van der Waals surface area contributed by atoms with Crippen molar-refractivity contribution in [1.82, 2.24) is 0 Å². The van der Waals surface area contributed by atoms with Crippen molar-refractivity contribution in [1.29, 1.82) is 0 Å². The van der Waals surface area contributed by atoms with E-state index in [0.717, 1.165) is 49.4 Å². The molecule has 0 aliphatic carbocycles. The molecule has 0 radical (unpaired) electrons. The largest absolute Gasteiger partial charge is 0.380 e. The lowest BCUT2D eigenvalue weighted by molar-refractivity contribution is 0.167. The van der Waals surface area contributed by atoms with Gasteiger partial charge in [0.15, 0.2) is 0 Å². The third-order valence-electron chi connectivity index (χ3n) is 4.14. The summed E-state index contributed by atoms with van der Waals surface area (Å²) >= 11 is 7.58. The van der Waals surface area contributed by atoms with Gasteiger partial charge in [0.25, 0.3) is 0 Å². The molecular formula is C22H28O2S4. The van der Waals surface area contributed by atoms with E-state index in [1.165, 1.54) is 30.7 Å². The Balaban J connectivity index is 1.60. The van der Waals surface area contributed by atoms with Crippen LogP contribution < -0.4 is 0 Å². The number of fused-ring (bicyclic) bond motifs is 2. The number of hydrogen-bond donors (Lipinski definition) is 0. The maximum Gasteiger partial charge on any atom is 0.0560 e. The Morgan fingerprint density at radius 1 is 0.536 bits per heavy atom. The number of rotatable bonds is 0. The van der Waals surface area contributed by atoms with E-state index in [0.29, 0.717) is 0 Å². The third kappa shape index (κ3) is 7.54. The number of benzene rings is 2. The van der Waals surface area contributed by atoms with Crippen molar-refractivity contribution in [3.63, 3.8) is 0 Å². The lowest BCUT2D eigenvalue weighted by atomic mass is 10.2. The number of hydrogen-bond acceptors (Lipinski definition) is 6. The fourth-order valence-electron chi connectivity index (χ4n) is 2.74. The molecule has 3 rings (SSSR count). The van der Waals surface area contributed by atoms with Crippen LogP contribution in [0.2, 0.25) is 0 Å². The normalized spacial score (nSPS) is 17.8. The van der Waals surface area contributed by atoms with Crippen LogP contribution >= 0.6 is 47.0 Å². The fraction of sp³-hybridized carbons (Fsp3) is 0.455. The summed E-state index contributed by atoms with van der Waals surface area (Å²) < 4.78 is 11.8. The molecule has 0 atom stereocenters. The molecule has 0 saturated heterocycles. The van der Waals surface area contributed by atoms with Gasteiger partial charge in [-0.1, -0.05) is 12.1 Å². The predicted molar refractivity (Wildman–Crippen MR) is 127 cm³/mol. The topological polar surface area (TPSA) is 18.5 Å². The molecule has 2 aromatic rings. The van der Waals surface area contributed by atoms with Crippen molar-refractivity contribution >= 4 is 47.0 Å². The van der Waals surface area contributed by atoms with Crippen molar-refractivity contribution in [2.24, 2.45) is 0 Å². The first kappa shape index (κ1) is 22.4. The van der Waals surface area contributed by atoms with Crippen LogP contribution in [-0.4, -0.2) is 49.4 Å². The maximum atomic E-state index is 5.89. The van der Waals surface area contributed by atoms with Gasteiger partial charge in [0.05, 0.1) is 26.4 Å². The molecule has 1 aliphatic rings. The average Bonchev–Trinajstić information content (AvgIpc) is 2.68. The van der Waals surface area contributed by atoms with E-state index >= 15 is 0 Å². The summed E-state index contributed by atoms with van der Waals surface area (Å²) in [6.45, 7) is 7.49. The summed E-state index contributed by atoms with van der Waals surface area (Å²) in [6.07, 6.45) is 0. The van der Waals surface area contributed by atoms with E-state index in [9.17, 15) is 0 Å². The molecular weight excluding hydrogens is 425 g/mol. The van der Waals surface area contributed by atoms with Crippen LogP contribution in [0.4, 0.5) is 0 Å². The van der Waals surface area contributed by atoms with Gasteiger partial charge in [-0.15, -0.1) is 47.0 Å². The fourth-order valence-corrected chi connectivity index (χ4v) is 6.82. The summed E-state index contributed by atoms with van der Waals surface area (Å²) in [5, 5.41) is 0. The summed E-state index contributed by atoms with van der Waals surface area (Å²) in [7, 11) is 0. The Bertz CT molecular complexity index is 688. The number of aryl methyl sites for hydroxylation is 2. The van der Waals surface area contributed by atoms with Gasteiger partial charge < -0.3 is 9.47 Å². The Hall–Kier alpha value is -0.240. The van der Waals surface area contributed by atoms with Crippen LogP contribution in [0.5, 0.6) is 0 Å². The lowest BCUT2D eigenvalue weighted by Crippen LogP contribution is -2.03. The van der Waals surface area contributed by atoms with Gasteiger partial charge in [0.1, 0.15) is 0 Å². The van der Waals surface area contributed by atoms with Crippen LogP contribution in [0.15, 0.2) is 56.0 Å². The van der Waals surface area contributed by atoms with Gasteiger partial charge in [0.2, 0.25) is 0 Å². The third-order valence-corrected chi connectivity index (χ3v) is 8.51. The second-order valence-electron chi connectivity index (χ2n) is 6.52. The minimum Gasteiger partial charge on any atom is -0.380 e. The molecule has 0 unspecified atom stereocenters. The standard InChI is InChI=1S/C22H28O2S4/c1-17-3-5-19-21(15-17)27-13-9-23-8-12-26-20-6-4-18(2)16-22(20)28-14-10-24-7-11-25-19/h3-6,15-16H,7-14H2,1-2H3. The molecule has 0 saturated carbocycles. The zero-order chi connectivity index (χ0) is 19.6. The van der Waals surface area contributed by atoms with Crippen LogP contribution in [0.25, 0.3) is 0 Å². The zero-order valence-corrected chi connectivity index (χ0v) is 19.8. The van der Waals surface area contributed by atoms with Gasteiger partial charge in [-0.2, -0.15) is 0 Å². The molecule has 6 heteroatoms. The molecule has 152 valence electrons. The summed E-state index contributed by atoms with van der Waals surface area (Å²) in [5.74, 6) is 3.96. The van der Waals surface area contributed by atoms with Gasteiger partial charge in [-0.05, 0) is 49.2 Å². The summed E-state index contributed by atoms with van der Waals surface area (Å²) in [6, 6.07) is 13.5. The van der Waals surface area contributed by atoms with Crippen LogP contribution in [-0.2, 0) is 9.47 Å². The summed E-state index contributed by atoms with van der Waals surface area (Å²) in [5.41, 5.74) is 2.63. The molecule has 2 aromatic carbocycles. The van der Waals surface area contributed by atoms with E-state index < -0.39 is 0 Å². The zero-order valence-electron chi connectivity index (χ0n) is 16.6. The molecule has 28 heavy (non-hydrogen) atoms. The second-order valence-corrected chi connectivity index (χ2v) is 11.1. The smallest absolute Gasteiger partial charge is 0.0560 e. The highest BCUT2D eigenvalue weighted by atomic mass is 32.2. The van der Waals surface area contributed by atoms with Crippen molar-refractivity contribution < 1.29 is 9.47 Å². The highest BCUT2D eigenvalue weighted by Gasteiger charge is 2.07. The van der Waals surface area contributed by atoms with Crippen molar-refractivity contribution in [2.75, 3.05) is 49.4 Å². The van der Waals surface area contributed by atoms with E-state index in [4.69, 9.17) is 9.47 Å². The van der Waals surface area contributed by atoms with Crippen LogP contribution in [0, 0.1) is 13.8 Å². The molecule has 2 nitrogen and oxygen atoms in total. The Kier molecular flexibility index (Phi) is 9.98. The van der Waals surface area contributed by atoms with Gasteiger partial charge >= 0.3 is 0 Å². The van der Waals surface area contributed by atoms with Crippen molar-refractivity contribution in [2.45, 2.75) is 33.4 Å². The molecule has 0 N–H and O–H groups in total. The monoisotopic (exact) mass is 452 g/mol. The lowest BCUT2D eigenvalue weighted by Gasteiger charge is -2.13. The number of ether oxygens (including phenoxy) is 2. The SMILES string of the molecule is Cc1ccc2c(c1)SCCOCCSc1ccc(C)cc1SCCOCCS2. The van der Waals surface area contributed by atoms with E-state index in [2.05, 4.69) is 50.2 Å². The van der Waals surface area contributed by atoms with E-state index in [1.54, 1.807) is 0 Å². The van der Waals surface area contributed by atoms with Gasteiger partial charge in [0, 0.05) is 42.6 Å². The van der Waals surface area contributed by atoms with E-state index in [1.807, 2.05) is 47.0 Å². The second kappa shape index (κ2) is 12.5. The molecule has 0 fully saturated rings. The average molecular weight is 453 g/mol. The quantitative estimate of drug-likeness (QED) is 0.456. The molecule has 0 bridgehead atoms. The highest BCUT2D eigenvalue weighted by Crippen LogP contribution is 2.33. The van der Waals surface area contributed by atoms with Crippen LogP contribution in [0.3, 0.4) is 0 Å².